The van der Waals surface area contributed by atoms with Crippen molar-refractivity contribution < 1.29 is 38.8 Å². The van der Waals surface area contributed by atoms with Crippen molar-refractivity contribution >= 4 is 23.6 Å². The quantitative estimate of drug-likeness (QED) is 0.0281. The molecule has 1 aliphatic heterocycles. The first-order valence-corrected chi connectivity index (χ1v) is 27.1. The number of hydrogen-bond donors (Lipinski definition) is 2. The number of nitrogens with zero attached hydrogens (tertiary/aromatic N) is 2. The van der Waals surface area contributed by atoms with Gasteiger partial charge in [0.25, 0.3) is 0 Å². The Morgan fingerprint density at radius 3 is 2.22 bits per heavy atom. The minimum Gasteiger partial charge on any atom is -0.459 e. The Hall–Kier alpha value is -4.29. The average molecular weight is 953 g/mol. The number of carbonyl (C=O) groups is 1. The fraction of sp³-hybridized carbons (Fsp3) is 0.579. The number of aliphatic hydroxyl groups is 2. The van der Waals surface area contributed by atoms with Gasteiger partial charge in [0, 0.05) is 42.6 Å². The number of hydrogen-bond acceptors (Lipinski definition) is 10. The highest BCUT2D eigenvalue weighted by atomic mass is 32.2. The molecular formula is C57H80N2O8S. The lowest BCUT2D eigenvalue weighted by Crippen LogP contribution is -2.70. The van der Waals surface area contributed by atoms with Crippen molar-refractivity contribution in [2.45, 2.75) is 159 Å². The van der Waals surface area contributed by atoms with E-state index in [9.17, 15) is 15.0 Å². The molecule has 372 valence electrons. The lowest BCUT2D eigenvalue weighted by Gasteiger charge is -2.59. The molecule has 0 saturated heterocycles. The Bertz CT molecular complexity index is 2030. The van der Waals surface area contributed by atoms with E-state index in [1.807, 2.05) is 59.5 Å². The molecule has 0 unspecified atom stereocenters. The Labute approximate surface area is 411 Å². The molecule has 3 aromatic carbocycles. The van der Waals surface area contributed by atoms with Gasteiger partial charge < -0.3 is 34.0 Å². The summed E-state index contributed by atoms with van der Waals surface area (Å²) in [6.07, 6.45) is 23.5. The Balaban J connectivity index is 1.42. The number of unbranched alkanes of at least 4 members (excludes halogenated alkanes) is 11. The van der Waals surface area contributed by atoms with Crippen LogP contribution in [0.15, 0.2) is 107 Å². The zero-order valence-electron chi connectivity index (χ0n) is 41.3. The summed E-state index contributed by atoms with van der Waals surface area (Å²) in [5, 5.41) is 25.0. The largest absolute Gasteiger partial charge is 0.459 e. The van der Waals surface area contributed by atoms with Gasteiger partial charge in [0.15, 0.2) is 0 Å². The maximum Gasteiger partial charge on any atom is 0.410 e. The third-order valence-corrected chi connectivity index (χ3v) is 14.7. The molecule has 6 rings (SSSR count). The van der Waals surface area contributed by atoms with Crippen LogP contribution in [-0.4, -0.2) is 78.0 Å². The minimum atomic E-state index is -1.36. The maximum absolute atomic E-state index is 14.7. The molecule has 1 fully saturated rings. The molecule has 6 atom stereocenters. The molecule has 0 spiro atoms. The van der Waals surface area contributed by atoms with Gasteiger partial charge >= 0.3 is 6.09 Å². The SMILES string of the molecule is C=CCO[C@@]12Oc3ccc(Oc4ccc(SC)cc4)cc3[C@H]3[C@H](CCCCO)[C@@H](CCCCO)C=C(C(=NOCc4ccccc4)C[C@@H]1N(CCC)C(=O)OCCCCCCCCCCCC)[C@H]32. The number of fused-ring (bicyclic) bond motifs is 2. The summed E-state index contributed by atoms with van der Waals surface area (Å²) < 4.78 is 27.4. The molecule has 1 amide bonds. The van der Waals surface area contributed by atoms with Gasteiger partial charge in [-0.05, 0) is 110 Å². The monoisotopic (exact) mass is 953 g/mol. The van der Waals surface area contributed by atoms with Crippen molar-refractivity contribution in [3.8, 4) is 17.2 Å². The molecule has 68 heavy (non-hydrogen) atoms. The summed E-state index contributed by atoms with van der Waals surface area (Å²) in [6.45, 7) is 9.91. The molecule has 10 nitrogen and oxygen atoms in total. The van der Waals surface area contributed by atoms with Crippen molar-refractivity contribution in [2.24, 2.45) is 22.9 Å². The first-order chi connectivity index (χ1) is 33.4. The number of thioether (sulfide) groups is 1. The Kier molecular flexibility index (Phi) is 22.2. The highest BCUT2D eigenvalue weighted by Crippen LogP contribution is 2.62. The number of oxime groups is 1. The molecule has 0 radical (unpaired) electrons. The van der Waals surface area contributed by atoms with E-state index < -0.39 is 17.7 Å². The maximum atomic E-state index is 14.7. The van der Waals surface area contributed by atoms with E-state index in [1.165, 1.54) is 44.9 Å². The van der Waals surface area contributed by atoms with Crippen molar-refractivity contribution in [1.82, 2.24) is 4.90 Å². The third kappa shape index (κ3) is 14.2. The van der Waals surface area contributed by atoms with E-state index in [-0.39, 0.29) is 50.3 Å². The van der Waals surface area contributed by atoms with Crippen LogP contribution in [0.3, 0.4) is 0 Å². The standard InChI is InChI=1S/C57H80N2O8S/c1-5-8-9-10-11-12-13-14-15-23-38-63-56(62)59(34-6-2)53-41-51(58-65-42-43-24-17-16-18-25-43)49-39-44(26-19-21-35-60)48(27-20-22-36-61)54-50-40-46(66-45-28-31-47(68-4)32-29-45)30-33-52(50)67-57(53,55(49)54)64-37-7-3/h7,16-18,24-25,28-33,39-40,44,48,53-55,60-61H,3,5-6,8-15,19-23,26-27,34-38,41-42H2,1-2,4H3/t44-,48+,53-,54+,55+,57+/m0/s1. The van der Waals surface area contributed by atoms with Gasteiger partial charge in [-0.1, -0.05) is 132 Å². The van der Waals surface area contributed by atoms with Gasteiger partial charge in [-0.15, -0.1) is 18.3 Å². The predicted octanol–water partition coefficient (Wildman–Crippen LogP) is 13.8. The second kappa shape index (κ2) is 28.4. The first kappa shape index (κ1) is 53.1. The minimum absolute atomic E-state index is 0.0904. The molecule has 0 bridgehead atoms. The van der Waals surface area contributed by atoms with Gasteiger partial charge in [0.05, 0.1) is 24.8 Å². The van der Waals surface area contributed by atoms with Crippen molar-refractivity contribution in [1.29, 1.82) is 0 Å². The van der Waals surface area contributed by atoms with E-state index in [1.54, 1.807) is 17.8 Å². The number of aliphatic hydroxyl groups excluding tert-OH is 2. The molecule has 3 aromatic rings. The summed E-state index contributed by atoms with van der Waals surface area (Å²) in [7, 11) is 0. The Morgan fingerprint density at radius 2 is 1.54 bits per heavy atom. The van der Waals surface area contributed by atoms with E-state index >= 15 is 0 Å². The van der Waals surface area contributed by atoms with Crippen LogP contribution in [0.25, 0.3) is 0 Å². The second-order valence-electron chi connectivity index (χ2n) is 18.8. The summed E-state index contributed by atoms with van der Waals surface area (Å²) >= 11 is 1.69. The average Bonchev–Trinajstić information content (AvgIpc) is 3.36. The summed E-state index contributed by atoms with van der Waals surface area (Å²) in [4.78, 5) is 24.0. The van der Waals surface area contributed by atoms with Gasteiger partial charge in [-0.2, -0.15) is 0 Å². The first-order valence-electron chi connectivity index (χ1n) is 25.9. The van der Waals surface area contributed by atoms with Crippen molar-refractivity contribution in [3.05, 3.63) is 108 Å². The normalized spacial score (nSPS) is 22.1. The van der Waals surface area contributed by atoms with Gasteiger partial charge in [0.1, 0.15) is 29.9 Å². The molecule has 11 heteroatoms. The smallest absolute Gasteiger partial charge is 0.410 e. The second-order valence-corrected chi connectivity index (χ2v) is 19.7. The number of rotatable bonds is 31. The van der Waals surface area contributed by atoms with Gasteiger partial charge in [0.2, 0.25) is 5.79 Å². The van der Waals surface area contributed by atoms with E-state index in [4.69, 9.17) is 28.9 Å². The van der Waals surface area contributed by atoms with Crippen LogP contribution in [0, 0.1) is 17.8 Å². The number of carbonyl (C=O) groups excluding carboxylic acids is 1. The van der Waals surface area contributed by atoms with E-state index in [2.05, 4.69) is 51.0 Å². The third-order valence-electron chi connectivity index (χ3n) is 14.0. The van der Waals surface area contributed by atoms with Gasteiger partial charge in [-0.3, -0.25) is 4.90 Å². The zero-order valence-corrected chi connectivity index (χ0v) is 42.1. The van der Waals surface area contributed by atoms with E-state index in [0.717, 1.165) is 78.0 Å². The predicted molar refractivity (Wildman–Crippen MR) is 275 cm³/mol. The van der Waals surface area contributed by atoms with E-state index in [0.29, 0.717) is 50.3 Å². The highest BCUT2D eigenvalue weighted by molar-refractivity contribution is 7.98. The molecule has 3 aliphatic rings. The topological polar surface area (TPSA) is 119 Å². The lowest BCUT2D eigenvalue weighted by molar-refractivity contribution is -0.255. The van der Waals surface area contributed by atoms with Crippen LogP contribution in [0.5, 0.6) is 17.2 Å². The fourth-order valence-electron chi connectivity index (χ4n) is 10.7. The van der Waals surface area contributed by atoms with Crippen molar-refractivity contribution in [3.63, 3.8) is 0 Å². The Morgan fingerprint density at radius 1 is 0.853 bits per heavy atom. The zero-order chi connectivity index (χ0) is 48.0. The number of allylic oxidation sites excluding steroid dienone is 1. The van der Waals surface area contributed by atoms with Crippen LogP contribution >= 0.6 is 11.8 Å². The highest BCUT2D eigenvalue weighted by Gasteiger charge is 2.65. The molecule has 1 heterocycles. The molecular weight excluding hydrogens is 873 g/mol. The molecule has 0 aromatic heterocycles. The lowest BCUT2D eigenvalue weighted by atomic mass is 9.55. The molecule has 2 N–H and O–H groups in total. The summed E-state index contributed by atoms with van der Waals surface area (Å²) in [5.74, 6) is 0.365. The van der Waals surface area contributed by atoms with Crippen LogP contribution in [0.2, 0.25) is 0 Å². The van der Waals surface area contributed by atoms with Crippen LogP contribution in [0.1, 0.15) is 146 Å². The van der Waals surface area contributed by atoms with Crippen LogP contribution in [-0.2, 0) is 20.9 Å². The summed E-state index contributed by atoms with van der Waals surface area (Å²) in [5.41, 5.74) is 3.77. The number of ether oxygens (including phenoxy) is 4. The van der Waals surface area contributed by atoms with Gasteiger partial charge in [-0.25, -0.2) is 4.79 Å². The van der Waals surface area contributed by atoms with Crippen LogP contribution < -0.4 is 9.47 Å². The fourth-order valence-corrected chi connectivity index (χ4v) is 11.1. The number of benzene rings is 3. The van der Waals surface area contributed by atoms with Crippen LogP contribution in [0.4, 0.5) is 4.79 Å². The van der Waals surface area contributed by atoms with Crippen molar-refractivity contribution in [2.75, 3.05) is 39.2 Å². The summed E-state index contributed by atoms with van der Waals surface area (Å²) in [6, 6.07) is 23.6. The number of amides is 1. The molecule has 1 saturated carbocycles. The molecule has 2 aliphatic carbocycles.